The number of oxime groups is 1. The van der Waals surface area contributed by atoms with Crippen molar-refractivity contribution in [2.24, 2.45) is 5.16 Å². The molecule has 1 aliphatic heterocycles. The number of carbonyl (C=O) groups is 2. The fourth-order valence-corrected chi connectivity index (χ4v) is 4.43. The van der Waals surface area contributed by atoms with Crippen LogP contribution in [0.5, 0.6) is 11.5 Å². The summed E-state index contributed by atoms with van der Waals surface area (Å²) in [5.41, 5.74) is 0.200. The van der Waals surface area contributed by atoms with Gasteiger partial charge in [0.15, 0.2) is 5.71 Å². The van der Waals surface area contributed by atoms with Gasteiger partial charge in [0, 0.05) is 5.56 Å². The second-order valence-corrected chi connectivity index (χ2v) is 9.02. The van der Waals surface area contributed by atoms with Crippen LogP contribution in [-0.4, -0.2) is 43.4 Å². The Hall–Kier alpha value is -3.21. The molecule has 7 nitrogen and oxygen atoms in total. The number of hydrogen-bond donors (Lipinski definition) is 1. The monoisotopic (exact) mass is 524 g/mol. The molecule has 0 spiro atoms. The first-order valence-electron chi connectivity index (χ1n) is 11.4. The van der Waals surface area contributed by atoms with E-state index in [1.54, 1.807) is 24.3 Å². The van der Waals surface area contributed by atoms with E-state index in [4.69, 9.17) is 9.47 Å². The maximum absolute atomic E-state index is 13.3. The smallest absolute Gasteiger partial charge is 0.437 e. The lowest BCUT2D eigenvalue weighted by atomic mass is 10.0. The van der Waals surface area contributed by atoms with Crippen molar-refractivity contribution in [3.63, 3.8) is 0 Å². The molecule has 2 amide bonds. The maximum atomic E-state index is 13.3. The molecule has 3 rings (SSSR count). The Morgan fingerprint density at radius 1 is 1.08 bits per heavy atom. The van der Waals surface area contributed by atoms with E-state index in [0.29, 0.717) is 55.1 Å². The number of unbranched alkanes of at least 4 members (excludes halogenated alkanes) is 1. The molecule has 1 unspecified atom stereocenters. The first-order valence-corrected chi connectivity index (χ1v) is 12.3. The van der Waals surface area contributed by atoms with Gasteiger partial charge in [-0.15, -0.1) is 0 Å². The molecule has 0 aromatic heterocycles. The lowest BCUT2D eigenvalue weighted by molar-refractivity contribution is -0.119. The third-order valence-corrected chi connectivity index (χ3v) is 6.26. The van der Waals surface area contributed by atoms with E-state index >= 15 is 0 Å². The summed E-state index contributed by atoms with van der Waals surface area (Å²) < 4.78 is 51.5. The van der Waals surface area contributed by atoms with Crippen molar-refractivity contribution >= 4 is 28.6 Å². The highest BCUT2D eigenvalue weighted by molar-refractivity contribution is 8.15. The standard InChI is InChI=1S/C25H27F3N2O5S/c1-3-7-16-14-18(22(30-33-2)25(26,27)28)10-11-20(16)35-13-5-4-12-34-19-9-6-8-17(15-19)21-23(31)29-24(32)36-21/h6,8-11,14-15,21H,3-5,7,12-13H2,1-2H3,(H,29,31,32)/b30-22+. The van der Waals surface area contributed by atoms with Crippen LogP contribution in [0.4, 0.5) is 18.0 Å². The Balaban J connectivity index is 1.51. The van der Waals surface area contributed by atoms with Gasteiger partial charge < -0.3 is 14.3 Å². The van der Waals surface area contributed by atoms with Crippen LogP contribution in [0.15, 0.2) is 47.6 Å². The van der Waals surface area contributed by atoms with E-state index in [2.05, 4.69) is 15.3 Å². The second-order valence-electron chi connectivity index (χ2n) is 7.94. The normalized spacial score (nSPS) is 16.1. The van der Waals surface area contributed by atoms with Gasteiger partial charge >= 0.3 is 6.18 Å². The number of rotatable bonds is 12. The summed E-state index contributed by atoms with van der Waals surface area (Å²) in [6.45, 7) is 2.73. The van der Waals surface area contributed by atoms with E-state index in [1.165, 1.54) is 18.2 Å². The van der Waals surface area contributed by atoms with Crippen LogP contribution < -0.4 is 14.8 Å². The van der Waals surface area contributed by atoms with E-state index in [1.807, 2.05) is 6.92 Å². The number of alkyl halides is 3. The average Bonchev–Trinajstić information content (AvgIpc) is 3.18. The first-order chi connectivity index (χ1) is 17.2. The van der Waals surface area contributed by atoms with Crippen molar-refractivity contribution in [2.75, 3.05) is 20.3 Å². The Kier molecular flexibility index (Phi) is 9.63. The number of amides is 2. The van der Waals surface area contributed by atoms with Crippen LogP contribution in [0.2, 0.25) is 0 Å². The van der Waals surface area contributed by atoms with Crippen molar-refractivity contribution in [2.45, 2.75) is 44.0 Å². The molecule has 2 aromatic rings. The minimum Gasteiger partial charge on any atom is -0.494 e. The minimum atomic E-state index is -4.64. The summed E-state index contributed by atoms with van der Waals surface area (Å²) in [5, 5.41) is 4.48. The highest BCUT2D eigenvalue weighted by atomic mass is 32.2. The number of nitrogens with one attached hydrogen (secondary N) is 1. The van der Waals surface area contributed by atoms with E-state index in [-0.39, 0.29) is 16.7 Å². The molecule has 2 aromatic carbocycles. The Bertz CT molecular complexity index is 1110. The van der Waals surface area contributed by atoms with Gasteiger partial charge in [-0.3, -0.25) is 14.9 Å². The Morgan fingerprint density at radius 2 is 1.83 bits per heavy atom. The number of ether oxygens (including phenoxy) is 2. The summed E-state index contributed by atoms with van der Waals surface area (Å²) in [6.07, 6.45) is -1.99. The fraction of sp³-hybridized carbons (Fsp3) is 0.400. The molecular weight excluding hydrogens is 497 g/mol. The molecule has 1 saturated heterocycles. The zero-order valence-corrected chi connectivity index (χ0v) is 20.7. The molecule has 1 fully saturated rings. The van der Waals surface area contributed by atoms with E-state index in [0.717, 1.165) is 25.3 Å². The number of carbonyl (C=O) groups excluding carboxylic acids is 2. The molecule has 1 aliphatic rings. The maximum Gasteiger partial charge on any atom is 0.437 e. The van der Waals surface area contributed by atoms with Crippen LogP contribution in [0, 0.1) is 0 Å². The molecule has 11 heteroatoms. The molecule has 0 saturated carbocycles. The van der Waals surface area contributed by atoms with Crippen molar-refractivity contribution in [3.05, 3.63) is 59.2 Å². The van der Waals surface area contributed by atoms with Gasteiger partial charge in [-0.05, 0) is 72.5 Å². The van der Waals surface area contributed by atoms with E-state index < -0.39 is 17.1 Å². The molecule has 1 heterocycles. The topological polar surface area (TPSA) is 86.2 Å². The van der Waals surface area contributed by atoms with Crippen molar-refractivity contribution < 1.29 is 37.1 Å². The highest BCUT2D eigenvalue weighted by Gasteiger charge is 2.38. The lowest BCUT2D eigenvalue weighted by Crippen LogP contribution is -2.24. The largest absolute Gasteiger partial charge is 0.494 e. The van der Waals surface area contributed by atoms with Crippen LogP contribution >= 0.6 is 11.8 Å². The first kappa shape index (κ1) is 27.4. The molecule has 0 aliphatic carbocycles. The zero-order chi connectivity index (χ0) is 26.1. The number of hydrogen-bond acceptors (Lipinski definition) is 7. The molecule has 0 bridgehead atoms. The molecular formula is C25H27F3N2O5S. The van der Waals surface area contributed by atoms with Crippen molar-refractivity contribution in [1.29, 1.82) is 0 Å². The van der Waals surface area contributed by atoms with Crippen molar-refractivity contribution in [3.8, 4) is 11.5 Å². The molecule has 1 atom stereocenters. The zero-order valence-electron chi connectivity index (χ0n) is 19.9. The number of benzene rings is 2. The van der Waals surface area contributed by atoms with Crippen LogP contribution in [0.3, 0.4) is 0 Å². The number of nitrogens with zero attached hydrogens (tertiary/aromatic N) is 1. The summed E-state index contributed by atoms with van der Waals surface area (Å²) in [7, 11) is 1.08. The number of aryl methyl sites for hydroxylation is 1. The lowest BCUT2D eigenvalue weighted by Gasteiger charge is -2.15. The second kappa shape index (κ2) is 12.7. The number of thioether (sulfide) groups is 1. The Labute approximate surface area is 211 Å². The predicted octanol–water partition coefficient (Wildman–Crippen LogP) is 5.81. The molecule has 1 N–H and O–H groups in total. The van der Waals surface area contributed by atoms with Gasteiger partial charge in [0.05, 0.1) is 13.2 Å². The summed E-state index contributed by atoms with van der Waals surface area (Å²) >= 11 is 0.939. The van der Waals surface area contributed by atoms with Crippen LogP contribution in [-0.2, 0) is 16.1 Å². The Morgan fingerprint density at radius 3 is 2.47 bits per heavy atom. The number of halogens is 3. The van der Waals surface area contributed by atoms with Crippen molar-refractivity contribution in [1.82, 2.24) is 5.32 Å². The van der Waals surface area contributed by atoms with Crippen LogP contribution in [0.25, 0.3) is 0 Å². The molecule has 0 radical (unpaired) electrons. The van der Waals surface area contributed by atoms with Gasteiger partial charge in [-0.1, -0.05) is 30.6 Å². The third kappa shape index (κ3) is 7.39. The van der Waals surface area contributed by atoms with Gasteiger partial charge in [-0.25, -0.2) is 0 Å². The van der Waals surface area contributed by atoms with Gasteiger partial charge in [0.2, 0.25) is 5.91 Å². The quantitative estimate of drug-likeness (QED) is 0.214. The third-order valence-electron chi connectivity index (χ3n) is 5.22. The van der Waals surface area contributed by atoms with Gasteiger partial charge in [0.1, 0.15) is 23.9 Å². The van der Waals surface area contributed by atoms with Gasteiger partial charge in [0.25, 0.3) is 5.24 Å². The number of imide groups is 1. The SMILES string of the molecule is CCCc1cc(/C(=N\OC)C(F)(F)F)ccc1OCCCCOc1cccc(C2SC(=O)NC2=O)c1. The predicted molar refractivity (Wildman–Crippen MR) is 131 cm³/mol. The molecule has 194 valence electrons. The van der Waals surface area contributed by atoms with Crippen LogP contribution in [0.1, 0.15) is 48.1 Å². The summed E-state index contributed by atoms with van der Waals surface area (Å²) in [4.78, 5) is 27.6. The summed E-state index contributed by atoms with van der Waals surface area (Å²) in [5.74, 6) is 0.797. The minimum absolute atomic E-state index is 0.0753. The van der Waals surface area contributed by atoms with Gasteiger partial charge in [-0.2, -0.15) is 13.2 Å². The fourth-order valence-electron chi connectivity index (χ4n) is 3.61. The van der Waals surface area contributed by atoms with E-state index in [9.17, 15) is 22.8 Å². The summed E-state index contributed by atoms with van der Waals surface area (Å²) in [6, 6.07) is 11.4. The molecule has 36 heavy (non-hydrogen) atoms. The average molecular weight is 525 g/mol. The highest BCUT2D eigenvalue weighted by Crippen LogP contribution is 2.35.